The van der Waals surface area contributed by atoms with Crippen molar-refractivity contribution in [3.05, 3.63) is 65.7 Å². The molecule has 3 nitrogen and oxygen atoms in total. The summed E-state index contributed by atoms with van der Waals surface area (Å²) in [5.74, 6) is 1.17. The van der Waals surface area contributed by atoms with Crippen LogP contribution in [0.3, 0.4) is 0 Å². The summed E-state index contributed by atoms with van der Waals surface area (Å²) in [6, 6.07) is 18.1. The summed E-state index contributed by atoms with van der Waals surface area (Å²) in [6.07, 6.45) is 1.03. The zero-order chi connectivity index (χ0) is 16.7. The van der Waals surface area contributed by atoms with Crippen LogP contribution >= 0.6 is 0 Å². The maximum atomic E-state index is 11.2. The first-order valence-corrected chi connectivity index (χ1v) is 8.01. The number of rotatable bonds is 8. The third-order valence-corrected chi connectivity index (χ3v) is 3.94. The summed E-state index contributed by atoms with van der Waals surface area (Å²) in [5, 5.41) is 0. The molecule has 122 valence electrons. The first-order chi connectivity index (χ1) is 11.1. The lowest BCUT2D eigenvalue weighted by Crippen LogP contribution is -2.36. The molecule has 0 aliphatic carbocycles. The molecule has 0 saturated carbocycles. The molecule has 0 aromatic heterocycles. The fourth-order valence-electron chi connectivity index (χ4n) is 2.60. The number of hydrogen-bond acceptors (Lipinski definition) is 3. The molecule has 0 spiro atoms. The van der Waals surface area contributed by atoms with E-state index in [1.807, 2.05) is 37.4 Å². The second-order valence-electron chi connectivity index (χ2n) is 6.20. The van der Waals surface area contributed by atoms with Gasteiger partial charge in [0.25, 0.3) is 0 Å². The number of benzene rings is 2. The molecule has 23 heavy (non-hydrogen) atoms. The smallest absolute Gasteiger partial charge is 0.137 e. The van der Waals surface area contributed by atoms with E-state index in [2.05, 4.69) is 43.0 Å². The Morgan fingerprint density at radius 1 is 1.00 bits per heavy atom. The molecule has 0 saturated heterocycles. The monoisotopic (exact) mass is 311 g/mol. The lowest BCUT2D eigenvalue weighted by molar-refractivity contribution is -0.113. The van der Waals surface area contributed by atoms with E-state index >= 15 is 0 Å². The normalized spacial score (nSPS) is 12.4. The van der Waals surface area contributed by atoms with E-state index in [1.54, 1.807) is 0 Å². The number of aldehydes is 1. The highest BCUT2D eigenvalue weighted by molar-refractivity contribution is 5.57. The zero-order valence-corrected chi connectivity index (χ0v) is 14.1. The average molecular weight is 311 g/mol. The predicted molar refractivity (Wildman–Crippen MR) is 93.4 cm³/mol. The minimum absolute atomic E-state index is 0.0518. The third-order valence-electron chi connectivity index (χ3n) is 3.94. The third kappa shape index (κ3) is 5.22. The lowest BCUT2D eigenvalue weighted by Gasteiger charge is -2.26. The number of ether oxygens (including phenoxy) is 1. The fourth-order valence-corrected chi connectivity index (χ4v) is 2.60. The van der Waals surface area contributed by atoms with Crippen LogP contribution < -0.4 is 4.74 Å². The van der Waals surface area contributed by atoms with Gasteiger partial charge in [-0.1, -0.05) is 56.3 Å². The van der Waals surface area contributed by atoms with Crippen molar-refractivity contribution in [2.45, 2.75) is 33.0 Å². The molecule has 0 unspecified atom stereocenters. The van der Waals surface area contributed by atoms with E-state index in [4.69, 9.17) is 4.74 Å². The Morgan fingerprint density at radius 2 is 1.65 bits per heavy atom. The molecule has 0 radical (unpaired) electrons. The molecule has 0 heterocycles. The van der Waals surface area contributed by atoms with Crippen LogP contribution in [0.4, 0.5) is 0 Å². The van der Waals surface area contributed by atoms with Gasteiger partial charge in [0.05, 0.1) is 6.04 Å². The molecule has 3 heteroatoms. The second kappa shape index (κ2) is 8.49. The van der Waals surface area contributed by atoms with Crippen LogP contribution in [0.1, 0.15) is 25.0 Å². The van der Waals surface area contributed by atoms with Crippen molar-refractivity contribution < 1.29 is 9.53 Å². The van der Waals surface area contributed by atoms with Gasteiger partial charge < -0.3 is 9.53 Å². The molecule has 2 aromatic carbocycles. The van der Waals surface area contributed by atoms with Gasteiger partial charge in [0.2, 0.25) is 0 Å². The van der Waals surface area contributed by atoms with Crippen molar-refractivity contribution in [2.75, 3.05) is 7.05 Å². The van der Waals surface area contributed by atoms with Gasteiger partial charge in [-0.25, -0.2) is 0 Å². The Kier molecular flexibility index (Phi) is 6.36. The molecule has 2 rings (SSSR count). The minimum atomic E-state index is -0.0518. The zero-order valence-electron chi connectivity index (χ0n) is 14.1. The summed E-state index contributed by atoms with van der Waals surface area (Å²) in [6.45, 7) is 5.45. The van der Waals surface area contributed by atoms with Crippen LogP contribution in [-0.2, 0) is 17.9 Å². The predicted octanol–water partition coefficient (Wildman–Crippen LogP) is 3.92. The number of carbonyl (C=O) groups is 1. The van der Waals surface area contributed by atoms with E-state index in [0.29, 0.717) is 12.5 Å². The molecule has 0 fully saturated rings. The Labute approximate surface area is 138 Å². The maximum absolute atomic E-state index is 11.2. The topological polar surface area (TPSA) is 29.5 Å². The van der Waals surface area contributed by atoms with Crippen molar-refractivity contribution in [3.8, 4) is 5.75 Å². The van der Waals surface area contributed by atoms with Crippen molar-refractivity contribution in [1.82, 2.24) is 4.90 Å². The molecular weight excluding hydrogens is 286 g/mol. The highest BCUT2D eigenvalue weighted by atomic mass is 16.5. The standard InChI is InChI=1S/C20H25NO2/c1-16(2)20(14-22)21(3)13-17-9-11-19(12-10-17)23-15-18-7-5-4-6-8-18/h4-12,14,16,20H,13,15H2,1-3H3/t20-/m0/s1. The van der Waals surface area contributed by atoms with Gasteiger partial charge in [-0.15, -0.1) is 0 Å². The van der Waals surface area contributed by atoms with Crippen LogP contribution in [0, 0.1) is 5.92 Å². The molecule has 0 amide bonds. The van der Waals surface area contributed by atoms with Crippen molar-refractivity contribution >= 4 is 6.29 Å². The Bertz CT molecular complexity index is 593. The van der Waals surface area contributed by atoms with Crippen molar-refractivity contribution in [2.24, 2.45) is 5.92 Å². The van der Waals surface area contributed by atoms with Crippen LogP contribution in [0.25, 0.3) is 0 Å². The first kappa shape index (κ1) is 17.2. The van der Waals surface area contributed by atoms with Gasteiger partial charge in [0.1, 0.15) is 18.6 Å². The van der Waals surface area contributed by atoms with Crippen LogP contribution in [0.15, 0.2) is 54.6 Å². The number of carbonyl (C=O) groups excluding carboxylic acids is 1. The molecule has 0 aliphatic heterocycles. The molecular formula is C20H25NO2. The maximum Gasteiger partial charge on any atom is 0.137 e. The molecule has 0 N–H and O–H groups in total. The van der Waals surface area contributed by atoms with E-state index < -0.39 is 0 Å². The van der Waals surface area contributed by atoms with Crippen molar-refractivity contribution in [1.29, 1.82) is 0 Å². The number of likely N-dealkylation sites (N-methyl/N-ethyl adjacent to an activating group) is 1. The highest BCUT2D eigenvalue weighted by Gasteiger charge is 2.17. The SMILES string of the molecule is CC(C)[C@H](C=O)N(C)Cc1ccc(OCc2ccccc2)cc1. The fraction of sp³-hybridized carbons (Fsp3) is 0.350. The minimum Gasteiger partial charge on any atom is -0.489 e. The Morgan fingerprint density at radius 3 is 2.22 bits per heavy atom. The quantitative estimate of drug-likeness (QED) is 0.692. The van der Waals surface area contributed by atoms with Crippen molar-refractivity contribution in [3.63, 3.8) is 0 Å². The average Bonchev–Trinajstić information content (AvgIpc) is 2.55. The number of nitrogens with zero attached hydrogens (tertiary/aromatic N) is 1. The largest absolute Gasteiger partial charge is 0.489 e. The van der Waals surface area contributed by atoms with Crippen LogP contribution in [0.5, 0.6) is 5.75 Å². The molecule has 1 atom stereocenters. The molecule has 0 bridgehead atoms. The summed E-state index contributed by atoms with van der Waals surface area (Å²) < 4.78 is 5.79. The Balaban J connectivity index is 1.90. The second-order valence-corrected chi connectivity index (χ2v) is 6.20. The van der Waals surface area contributed by atoms with E-state index in [0.717, 1.165) is 24.1 Å². The summed E-state index contributed by atoms with van der Waals surface area (Å²) >= 11 is 0. The first-order valence-electron chi connectivity index (χ1n) is 8.01. The van der Waals surface area contributed by atoms with E-state index in [1.165, 1.54) is 5.56 Å². The van der Waals surface area contributed by atoms with Gasteiger partial charge in [0, 0.05) is 6.54 Å². The van der Waals surface area contributed by atoms with E-state index in [9.17, 15) is 4.79 Å². The van der Waals surface area contributed by atoms with Gasteiger partial charge in [-0.3, -0.25) is 4.90 Å². The van der Waals surface area contributed by atoms with Gasteiger partial charge in [0.15, 0.2) is 0 Å². The lowest BCUT2D eigenvalue weighted by atomic mass is 10.0. The van der Waals surface area contributed by atoms with E-state index in [-0.39, 0.29) is 6.04 Å². The summed E-state index contributed by atoms with van der Waals surface area (Å²) in [4.78, 5) is 13.3. The molecule has 2 aromatic rings. The summed E-state index contributed by atoms with van der Waals surface area (Å²) in [7, 11) is 1.99. The number of hydrogen-bond donors (Lipinski definition) is 0. The Hall–Kier alpha value is -2.13. The van der Waals surface area contributed by atoms with Gasteiger partial charge in [-0.2, -0.15) is 0 Å². The van der Waals surface area contributed by atoms with Crippen LogP contribution in [0.2, 0.25) is 0 Å². The van der Waals surface area contributed by atoms with Crippen LogP contribution in [-0.4, -0.2) is 24.3 Å². The van der Waals surface area contributed by atoms with Gasteiger partial charge >= 0.3 is 0 Å². The summed E-state index contributed by atoms with van der Waals surface area (Å²) in [5.41, 5.74) is 2.33. The highest BCUT2D eigenvalue weighted by Crippen LogP contribution is 2.17. The molecule has 0 aliphatic rings. The van der Waals surface area contributed by atoms with Gasteiger partial charge in [-0.05, 0) is 36.2 Å².